The van der Waals surface area contributed by atoms with Crippen molar-refractivity contribution in [1.29, 1.82) is 0 Å². The van der Waals surface area contributed by atoms with Crippen LogP contribution in [0.3, 0.4) is 0 Å². The third-order valence-corrected chi connectivity index (χ3v) is 3.67. The number of aromatic amines is 1. The normalized spacial score (nSPS) is 11.1. The number of nitrogens with one attached hydrogen (secondary N) is 1. The quantitative estimate of drug-likeness (QED) is 0.611. The van der Waals surface area contributed by atoms with Crippen molar-refractivity contribution in [3.63, 3.8) is 0 Å². The molecule has 0 saturated carbocycles. The molecular weight excluding hydrogens is 262 g/mol. The molecule has 3 heterocycles. The first-order valence-corrected chi connectivity index (χ1v) is 6.71. The number of benzene rings is 1. The molecule has 0 unspecified atom stereocenters. The Labute approximate surface area is 121 Å². The van der Waals surface area contributed by atoms with E-state index in [0.29, 0.717) is 0 Å². The lowest BCUT2D eigenvalue weighted by Crippen LogP contribution is -1.95. The molecule has 5 nitrogen and oxygen atoms in total. The molecule has 102 valence electrons. The van der Waals surface area contributed by atoms with Crippen molar-refractivity contribution in [3.8, 4) is 16.9 Å². The van der Waals surface area contributed by atoms with E-state index in [9.17, 15) is 0 Å². The molecule has 0 aliphatic heterocycles. The third-order valence-electron chi connectivity index (χ3n) is 3.67. The van der Waals surface area contributed by atoms with Gasteiger partial charge in [-0.05, 0) is 30.7 Å². The summed E-state index contributed by atoms with van der Waals surface area (Å²) >= 11 is 0. The first-order chi connectivity index (χ1) is 10.3. The van der Waals surface area contributed by atoms with E-state index in [4.69, 9.17) is 0 Å². The average molecular weight is 275 g/mol. The molecule has 3 aromatic heterocycles. The van der Waals surface area contributed by atoms with Crippen LogP contribution in [0.4, 0.5) is 0 Å². The highest BCUT2D eigenvalue weighted by Gasteiger charge is 2.11. The van der Waals surface area contributed by atoms with E-state index >= 15 is 0 Å². The molecule has 0 fully saturated rings. The maximum absolute atomic E-state index is 4.31. The molecule has 0 spiro atoms. The van der Waals surface area contributed by atoms with E-state index in [1.54, 1.807) is 12.5 Å². The van der Waals surface area contributed by atoms with Crippen molar-refractivity contribution in [2.45, 2.75) is 6.92 Å². The van der Waals surface area contributed by atoms with Crippen molar-refractivity contribution in [1.82, 2.24) is 24.7 Å². The number of H-pyrrole nitrogens is 1. The minimum absolute atomic E-state index is 0.862. The number of fused-ring (bicyclic) bond motifs is 1. The Balaban J connectivity index is 1.98. The Morgan fingerprint density at radius 2 is 2.05 bits per heavy atom. The van der Waals surface area contributed by atoms with Crippen molar-refractivity contribution in [2.75, 3.05) is 0 Å². The van der Waals surface area contributed by atoms with E-state index in [1.165, 1.54) is 10.9 Å². The summed E-state index contributed by atoms with van der Waals surface area (Å²) in [6, 6.07) is 10.3. The minimum Gasteiger partial charge on any atom is -0.301 e. The number of hydrogen-bond donors (Lipinski definition) is 1. The van der Waals surface area contributed by atoms with Gasteiger partial charge in [0, 0.05) is 29.0 Å². The molecule has 0 amide bonds. The summed E-state index contributed by atoms with van der Waals surface area (Å²) in [7, 11) is 0. The largest absolute Gasteiger partial charge is 0.301 e. The summed E-state index contributed by atoms with van der Waals surface area (Å²) < 4.78 is 2.07. The highest BCUT2D eigenvalue weighted by molar-refractivity contribution is 5.96. The van der Waals surface area contributed by atoms with Gasteiger partial charge in [0.15, 0.2) is 0 Å². The monoisotopic (exact) mass is 275 g/mol. The molecule has 0 saturated heterocycles. The van der Waals surface area contributed by atoms with Gasteiger partial charge in [0.2, 0.25) is 0 Å². The average Bonchev–Trinajstić information content (AvgIpc) is 3.14. The molecular formula is C16H13N5. The van der Waals surface area contributed by atoms with Gasteiger partial charge in [-0.25, -0.2) is 9.97 Å². The van der Waals surface area contributed by atoms with Gasteiger partial charge in [0.05, 0.1) is 11.7 Å². The summed E-state index contributed by atoms with van der Waals surface area (Å²) in [6.45, 7) is 2.03. The Bertz CT molecular complexity index is 905. The van der Waals surface area contributed by atoms with Crippen LogP contribution in [0.15, 0.2) is 55.2 Å². The predicted molar refractivity (Wildman–Crippen MR) is 81.2 cm³/mol. The van der Waals surface area contributed by atoms with E-state index in [0.717, 1.165) is 22.6 Å². The van der Waals surface area contributed by atoms with Gasteiger partial charge in [0.25, 0.3) is 0 Å². The van der Waals surface area contributed by atoms with E-state index in [1.807, 2.05) is 25.4 Å². The first kappa shape index (κ1) is 11.8. The molecule has 0 radical (unpaired) electrons. The zero-order chi connectivity index (χ0) is 14.2. The van der Waals surface area contributed by atoms with Crippen LogP contribution in [-0.4, -0.2) is 24.7 Å². The van der Waals surface area contributed by atoms with Gasteiger partial charge in [-0.1, -0.05) is 12.1 Å². The zero-order valence-corrected chi connectivity index (χ0v) is 11.5. The number of rotatable bonds is 2. The number of hydrogen-bond acceptors (Lipinski definition) is 3. The molecule has 0 bridgehead atoms. The summed E-state index contributed by atoms with van der Waals surface area (Å²) in [4.78, 5) is 8.28. The van der Waals surface area contributed by atoms with Crippen LogP contribution in [0.2, 0.25) is 0 Å². The van der Waals surface area contributed by atoms with Crippen LogP contribution < -0.4 is 0 Å². The Kier molecular flexibility index (Phi) is 2.57. The molecule has 1 N–H and O–H groups in total. The number of aromatic nitrogens is 5. The lowest BCUT2D eigenvalue weighted by molar-refractivity contribution is 1.01. The van der Waals surface area contributed by atoms with Gasteiger partial charge in [-0.3, -0.25) is 5.10 Å². The fourth-order valence-electron chi connectivity index (χ4n) is 2.65. The first-order valence-electron chi connectivity index (χ1n) is 6.71. The second-order valence-corrected chi connectivity index (χ2v) is 4.90. The van der Waals surface area contributed by atoms with Gasteiger partial charge >= 0.3 is 0 Å². The summed E-state index contributed by atoms with van der Waals surface area (Å²) in [5.41, 5.74) is 4.48. The maximum Gasteiger partial charge on any atom is 0.140 e. The van der Waals surface area contributed by atoms with Crippen LogP contribution in [-0.2, 0) is 0 Å². The summed E-state index contributed by atoms with van der Waals surface area (Å²) in [5.74, 6) is 0.862. The lowest BCUT2D eigenvalue weighted by atomic mass is 10.0. The smallest absolute Gasteiger partial charge is 0.140 e. The van der Waals surface area contributed by atoms with Crippen molar-refractivity contribution in [3.05, 3.63) is 60.9 Å². The highest BCUT2D eigenvalue weighted by Crippen LogP contribution is 2.31. The molecule has 4 rings (SSSR count). The summed E-state index contributed by atoms with van der Waals surface area (Å²) in [5, 5.41) is 8.29. The molecule has 0 atom stereocenters. The molecule has 4 aromatic rings. The fraction of sp³-hybridized carbons (Fsp3) is 0.0625. The molecule has 0 aliphatic carbocycles. The second kappa shape index (κ2) is 4.56. The topological polar surface area (TPSA) is 59.4 Å². The lowest BCUT2D eigenvalue weighted by Gasteiger charge is -2.06. The van der Waals surface area contributed by atoms with Gasteiger partial charge in [-0.2, -0.15) is 5.10 Å². The predicted octanol–water partition coefficient (Wildman–Crippen LogP) is 3.12. The molecule has 1 aromatic carbocycles. The van der Waals surface area contributed by atoms with Crippen LogP contribution in [0, 0.1) is 6.92 Å². The van der Waals surface area contributed by atoms with Crippen molar-refractivity contribution >= 4 is 10.9 Å². The molecule has 5 heteroatoms. The van der Waals surface area contributed by atoms with E-state index in [-0.39, 0.29) is 0 Å². The standard InChI is InChI=1S/C16H13N5/c1-11-14(9-19-20-11)12-3-2-4-15-13(12)6-8-21(15)16-5-7-17-10-18-16/h2-10H,1H3,(H,19,20). The van der Waals surface area contributed by atoms with Gasteiger partial charge in [-0.15, -0.1) is 0 Å². The van der Waals surface area contributed by atoms with E-state index < -0.39 is 0 Å². The summed E-state index contributed by atoms with van der Waals surface area (Å²) in [6.07, 6.45) is 7.21. The van der Waals surface area contributed by atoms with E-state index in [2.05, 4.69) is 49.0 Å². The number of nitrogens with zero attached hydrogens (tertiary/aromatic N) is 4. The zero-order valence-electron chi connectivity index (χ0n) is 11.5. The second-order valence-electron chi connectivity index (χ2n) is 4.90. The Morgan fingerprint density at radius 1 is 1.10 bits per heavy atom. The van der Waals surface area contributed by atoms with Gasteiger partial charge < -0.3 is 4.57 Å². The maximum atomic E-state index is 4.31. The van der Waals surface area contributed by atoms with Crippen molar-refractivity contribution < 1.29 is 0 Å². The SMILES string of the molecule is Cc1[nH]ncc1-c1cccc2c1ccn2-c1ccncn1. The van der Waals surface area contributed by atoms with Crippen LogP contribution in [0.1, 0.15) is 5.69 Å². The Hall–Kier alpha value is -2.95. The highest BCUT2D eigenvalue weighted by atomic mass is 15.1. The van der Waals surface area contributed by atoms with Crippen LogP contribution in [0.5, 0.6) is 0 Å². The Morgan fingerprint density at radius 3 is 2.81 bits per heavy atom. The molecule has 0 aliphatic rings. The van der Waals surface area contributed by atoms with Crippen molar-refractivity contribution in [2.24, 2.45) is 0 Å². The third kappa shape index (κ3) is 1.82. The van der Waals surface area contributed by atoms with Gasteiger partial charge in [0.1, 0.15) is 12.1 Å². The molecule has 21 heavy (non-hydrogen) atoms. The minimum atomic E-state index is 0.862. The van der Waals surface area contributed by atoms with Crippen LogP contribution >= 0.6 is 0 Å². The van der Waals surface area contributed by atoms with Crippen LogP contribution in [0.25, 0.3) is 27.8 Å². The number of aryl methyl sites for hydroxylation is 1. The fourth-order valence-corrected chi connectivity index (χ4v) is 2.65.